The average Bonchev–Trinajstić information content (AvgIpc) is 2.99. The number of hydrogen-bond acceptors (Lipinski definition) is 6. The van der Waals surface area contributed by atoms with Crippen molar-refractivity contribution in [3.05, 3.63) is 71.8 Å². The van der Waals surface area contributed by atoms with Gasteiger partial charge < -0.3 is 4.90 Å². The second kappa shape index (κ2) is 9.65. The fraction of sp³-hybridized carbons (Fsp3) is 0.273. The van der Waals surface area contributed by atoms with E-state index >= 15 is 0 Å². The zero-order chi connectivity index (χ0) is 20.2. The summed E-state index contributed by atoms with van der Waals surface area (Å²) >= 11 is 0. The summed E-state index contributed by atoms with van der Waals surface area (Å²) < 4.78 is 0. The quantitative estimate of drug-likeness (QED) is 0.639. The molecular weight excluding hydrogens is 402 g/mol. The lowest BCUT2D eigenvalue weighted by Crippen LogP contribution is -2.35. The number of aromatic nitrogens is 3. The lowest BCUT2D eigenvalue weighted by molar-refractivity contribution is 0.0731. The van der Waals surface area contributed by atoms with Crippen LogP contribution in [0.2, 0.25) is 0 Å². The lowest BCUT2D eigenvalue weighted by Gasteiger charge is -2.22. The van der Waals surface area contributed by atoms with E-state index < -0.39 is 0 Å². The fourth-order valence-corrected chi connectivity index (χ4v) is 3.44. The number of aryl methyl sites for hydroxylation is 2. The first-order chi connectivity index (χ1) is 14.1. The summed E-state index contributed by atoms with van der Waals surface area (Å²) in [5, 5.41) is 1.75. The Morgan fingerprint density at radius 2 is 1.80 bits per heavy atom. The number of carbonyl (C=O) groups excluding carboxylic acids is 1. The Kier molecular flexibility index (Phi) is 6.97. The van der Waals surface area contributed by atoms with Crippen molar-refractivity contribution in [3.8, 4) is 11.3 Å². The first-order valence-corrected chi connectivity index (χ1v) is 9.64. The number of halogens is 1. The maximum atomic E-state index is 13.3. The van der Waals surface area contributed by atoms with Crippen molar-refractivity contribution in [2.75, 3.05) is 31.3 Å². The molecule has 1 aliphatic rings. The van der Waals surface area contributed by atoms with E-state index in [2.05, 4.69) is 15.0 Å². The van der Waals surface area contributed by atoms with Crippen LogP contribution in [0.4, 0.5) is 5.82 Å². The standard InChI is InChI=1S/C22H23N5O2.ClH/c1-16-15-21(25-17(2)24-16)27-12-11-26(13-14-29-27)22(28)19-8-4-3-7-18(19)20-9-5-6-10-23-20;/h3-10,15H,11-14H2,1-2H3;1H. The van der Waals surface area contributed by atoms with Crippen molar-refractivity contribution in [2.24, 2.45) is 0 Å². The zero-order valence-corrected chi connectivity index (χ0v) is 17.8. The van der Waals surface area contributed by atoms with Gasteiger partial charge in [0.1, 0.15) is 5.82 Å². The number of amides is 1. The molecule has 0 N–H and O–H groups in total. The van der Waals surface area contributed by atoms with Gasteiger partial charge in [0.05, 0.1) is 18.8 Å². The van der Waals surface area contributed by atoms with Crippen LogP contribution in [-0.2, 0) is 4.84 Å². The van der Waals surface area contributed by atoms with E-state index in [0.717, 1.165) is 22.8 Å². The predicted molar refractivity (Wildman–Crippen MR) is 118 cm³/mol. The van der Waals surface area contributed by atoms with Gasteiger partial charge in [-0.2, -0.15) is 0 Å². The number of pyridine rings is 1. The van der Waals surface area contributed by atoms with E-state index in [4.69, 9.17) is 4.84 Å². The maximum Gasteiger partial charge on any atom is 0.254 e. The van der Waals surface area contributed by atoms with Gasteiger partial charge in [-0.15, -0.1) is 12.4 Å². The topological polar surface area (TPSA) is 71.5 Å². The molecule has 0 saturated carbocycles. The molecule has 1 saturated heterocycles. The molecule has 1 fully saturated rings. The Labute approximate surface area is 182 Å². The molecule has 1 amide bonds. The molecule has 0 aliphatic carbocycles. The van der Waals surface area contributed by atoms with Crippen molar-refractivity contribution in [3.63, 3.8) is 0 Å². The van der Waals surface area contributed by atoms with Crippen molar-refractivity contribution in [2.45, 2.75) is 13.8 Å². The molecule has 3 heterocycles. The summed E-state index contributed by atoms with van der Waals surface area (Å²) in [5.74, 6) is 1.40. The van der Waals surface area contributed by atoms with E-state index in [-0.39, 0.29) is 18.3 Å². The second-order valence-corrected chi connectivity index (χ2v) is 6.90. The molecule has 0 unspecified atom stereocenters. The molecule has 7 nitrogen and oxygen atoms in total. The summed E-state index contributed by atoms with van der Waals surface area (Å²) in [6, 6.07) is 15.2. The normalized spacial score (nSPS) is 14.1. The molecule has 2 aromatic heterocycles. The molecule has 0 spiro atoms. The molecule has 0 radical (unpaired) electrons. The molecule has 8 heteroatoms. The fourth-order valence-electron chi connectivity index (χ4n) is 3.44. The Bertz CT molecular complexity index is 995. The van der Waals surface area contributed by atoms with Gasteiger partial charge >= 0.3 is 0 Å². The third-order valence-corrected chi connectivity index (χ3v) is 4.77. The first kappa shape index (κ1) is 21.7. The van der Waals surface area contributed by atoms with Crippen LogP contribution in [0.5, 0.6) is 0 Å². The molecule has 156 valence electrons. The number of rotatable bonds is 3. The Morgan fingerprint density at radius 3 is 2.57 bits per heavy atom. The zero-order valence-electron chi connectivity index (χ0n) is 17.0. The summed E-state index contributed by atoms with van der Waals surface area (Å²) in [4.78, 5) is 34.2. The highest BCUT2D eigenvalue weighted by atomic mass is 35.5. The Balaban J connectivity index is 0.00000256. The van der Waals surface area contributed by atoms with Crippen LogP contribution in [0, 0.1) is 13.8 Å². The van der Waals surface area contributed by atoms with Crippen LogP contribution in [-0.4, -0.2) is 52.0 Å². The van der Waals surface area contributed by atoms with Crippen molar-refractivity contribution in [1.29, 1.82) is 0 Å². The van der Waals surface area contributed by atoms with Gasteiger partial charge in [-0.1, -0.05) is 24.3 Å². The Morgan fingerprint density at radius 1 is 1.00 bits per heavy atom. The van der Waals surface area contributed by atoms with Crippen LogP contribution in [0.25, 0.3) is 11.3 Å². The molecule has 0 bridgehead atoms. The van der Waals surface area contributed by atoms with E-state index in [9.17, 15) is 4.79 Å². The molecule has 4 rings (SSSR count). The Hall–Kier alpha value is -3.03. The summed E-state index contributed by atoms with van der Waals surface area (Å²) in [6.07, 6.45) is 1.74. The highest BCUT2D eigenvalue weighted by molar-refractivity contribution is 6.00. The highest BCUT2D eigenvalue weighted by Gasteiger charge is 2.24. The third-order valence-electron chi connectivity index (χ3n) is 4.77. The van der Waals surface area contributed by atoms with Gasteiger partial charge in [-0.25, -0.2) is 15.0 Å². The van der Waals surface area contributed by atoms with Crippen molar-refractivity contribution in [1.82, 2.24) is 19.9 Å². The predicted octanol–water partition coefficient (Wildman–Crippen LogP) is 3.47. The summed E-state index contributed by atoms with van der Waals surface area (Å²) in [7, 11) is 0. The average molecular weight is 426 g/mol. The SMILES string of the molecule is Cc1cc(N2CCN(C(=O)c3ccccc3-c3ccccn3)CCO2)nc(C)n1.Cl. The molecule has 1 aliphatic heterocycles. The lowest BCUT2D eigenvalue weighted by atomic mass is 10.0. The molecule has 0 atom stereocenters. The van der Waals surface area contributed by atoms with Gasteiger partial charge in [0.25, 0.3) is 5.91 Å². The number of nitrogens with zero attached hydrogens (tertiary/aromatic N) is 5. The number of hydroxylamine groups is 1. The van der Waals surface area contributed by atoms with Gasteiger partial charge in [0.15, 0.2) is 5.82 Å². The van der Waals surface area contributed by atoms with Crippen LogP contribution in [0.1, 0.15) is 21.9 Å². The van der Waals surface area contributed by atoms with Crippen LogP contribution >= 0.6 is 12.4 Å². The molecule has 1 aromatic carbocycles. The molecular formula is C22H24ClN5O2. The van der Waals surface area contributed by atoms with E-state index in [0.29, 0.717) is 37.6 Å². The van der Waals surface area contributed by atoms with Crippen LogP contribution in [0.3, 0.4) is 0 Å². The molecule has 3 aromatic rings. The summed E-state index contributed by atoms with van der Waals surface area (Å²) in [6.45, 7) is 5.78. The van der Waals surface area contributed by atoms with Gasteiger partial charge in [-0.3, -0.25) is 14.6 Å². The largest absolute Gasteiger partial charge is 0.334 e. The smallest absolute Gasteiger partial charge is 0.254 e. The van der Waals surface area contributed by atoms with Gasteiger partial charge in [-0.05, 0) is 32.0 Å². The van der Waals surface area contributed by atoms with Crippen molar-refractivity contribution >= 4 is 24.1 Å². The third kappa shape index (κ3) is 4.75. The minimum atomic E-state index is -0.0215. The number of anilines is 1. The van der Waals surface area contributed by atoms with E-state index in [1.54, 1.807) is 11.3 Å². The first-order valence-electron chi connectivity index (χ1n) is 9.64. The monoisotopic (exact) mass is 425 g/mol. The maximum absolute atomic E-state index is 13.3. The van der Waals surface area contributed by atoms with E-state index in [1.165, 1.54) is 0 Å². The molecule has 30 heavy (non-hydrogen) atoms. The second-order valence-electron chi connectivity index (χ2n) is 6.90. The minimum absolute atomic E-state index is 0. The van der Waals surface area contributed by atoms with Crippen LogP contribution < -0.4 is 5.06 Å². The number of benzene rings is 1. The van der Waals surface area contributed by atoms with E-state index in [1.807, 2.05) is 67.3 Å². The van der Waals surface area contributed by atoms with Crippen LogP contribution in [0.15, 0.2) is 54.7 Å². The van der Waals surface area contributed by atoms with Crippen molar-refractivity contribution < 1.29 is 9.63 Å². The number of hydrogen-bond donors (Lipinski definition) is 0. The minimum Gasteiger partial charge on any atom is -0.334 e. The number of carbonyl (C=O) groups is 1. The van der Waals surface area contributed by atoms with Gasteiger partial charge in [0.2, 0.25) is 0 Å². The van der Waals surface area contributed by atoms with Gasteiger partial charge in [0, 0.05) is 42.2 Å². The highest BCUT2D eigenvalue weighted by Crippen LogP contribution is 2.23. The summed E-state index contributed by atoms with van der Waals surface area (Å²) in [5.41, 5.74) is 3.16.